The van der Waals surface area contributed by atoms with Gasteiger partial charge in [-0.05, 0) is 61.4 Å². The number of sulfone groups is 1. The number of hydrogen-bond acceptors (Lipinski definition) is 5. The maximum Gasteiger partial charge on any atom is 0.270 e. The zero-order valence-electron chi connectivity index (χ0n) is 21.9. The van der Waals surface area contributed by atoms with Crippen molar-refractivity contribution in [1.29, 1.82) is 0 Å². The van der Waals surface area contributed by atoms with Crippen molar-refractivity contribution < 1.29 is 22.4 Å². The standard InChI is InChI=1S/C29H33FN4O4S/c30-23-6-8-25(9-7-23)34-26-10-5-21(28(35)32-13-11-31(12-14-32)24-3-1-2-4-24)19-22(26)20-27(34)29(36)33-15-17-39(37,38)18-16-33/h5-10,19-20,24H,1-4,11-18H2. The summed E-state index contributed by atoms with van der Waals surface area (Å²) in [4.78, 5) is 33.0. The Bertz CT molecular complexity index is 1490. The predicted octanol–water partition coefficient (Wildman–Crippen LogP) is 3.34. The minimum atomic E-state index is -3.14. The van der Waals surface area contributed by atoms with Gasteiger partial charge in [0.15, 0.2) is 9.84 Å². The molecule has 1 aliphatic carbocycles. The second-order valence-corrected chi connectivity index (χ2v) is 13.1. The summed E-state index contributed by atoms with van der Waals surface area (Å²) < 4.78 is 39.3. The van der Waals surface area contributed by atoms with E-state index < -0.39 is 9.84 Å². The number of hydrogen-bond donors (Lipinski definition) is 0. The molecule has 10 heteroatoms. The minimum absolute atomic E-state index is 0.0217. The molecule has 2 amide bonds. The van der Waals surface area contributed by atoms with Gasteiger partial charge in [-0.25, -0.2) is 12.8 Å². The summed E-state index contributed by atoms with van der Waals surface area (Å²) in [6.45, 7) is 3.44. The fraction of sp³-hybridized carbons (Fsp3) is 0.448. The van der Waals surface area contributed by atoms with E-state index in [0.29, 0.717) is 36.1 Å². The molecule has 3 aromatic rings. The first-order valence-electron chi connectivity index (χ1n) is 13.7. The molecule has 0 spiro atoms. The summed E-state index contributed by atoms with van der Waals surface area (Å²) >= 11 is 0. The van der Waals surface area contributed by atoms with Gasteiger partial charge in [0.2, 0.25) is 0 Å². The summed E-state index contributed by atoms with van der Waals surface area (Å²) in [5, 5.41) is 0.725. The monoisotopic (exact) mass is 552 g/mol. The minimum Gasteiger partial charge on any atom is -0.336 e. The summed E-state index contributed by atoms with van der Waals surface area (Å²) in [6.07, 6.45) is 5.10. The van der Waals surface area contributed by atoms with E-state index in [1.165, 1.54) is 37.8 Å². The molecule has 8 nitrogen and oxygen atoms in total. The van der Waals surface area contributed by atoms with Crippen LogP contribution < -0.4 is 0 Å². The van der Waals surface area contributed by atoms with E-state index in [1.54, 1.807) is 33.7 Å². The Kier molecular flexibility index (Phi) is 6.93. The van der Waals surface area contributed by atoms with Gasteiger partial charge in [0.05, 0.1) is 17.0 Å². The van der Waals surface area contributed by atoms with Crippen LogP contribution in [-0.2, 0) is 9.84 Å². The molecule has 0 N–H and O–H groups in total. The first-order valence-corrected chi connectivity index (χ1v) is 15.6. The van der Waals surface area contributed by atoms with Crippen molar-refractivity contribution in [1.82, 2.24) is 19.3 Å². The van der Waals surface area contributed by atoms with Crippen molar-refractivity contribution in [3.05, 3.63) is 65.6 Å². The SMILES string of the molecule is O=C(c1ccc2c(c1)cc(C(=O)N1CCS(=O)(=O)CC1)n2-c1ccc(F)cc1)N1CCN(C2CCCC2)CC1. The number of aromatic nitrogens is 1. The van der Waals surface area contributed by atoms with Crippen molar-refractivity contribution >= 4 is 32.6 Å². The first-order chi connectivity index (χ1) is 18.8. The molecule has 1 aromatic heterocycles. The molecule has 3 aliphatic rings. The molecule has 2 saturated heterocycles. The lowest BCUT2D eigenvalue weighted by Crippen LogP contribution is -2.51. The highest BCUT2D eigenvalue weighted by molar-refractivity contribution is 7.91. The highest BCUT2D eigenvalue weighted by atomic mass is 32.2. The Hall–Kier alpha value is -3.24. The predicted molar refractivity (Wildman–Crippen MR) is 148 cm³/mol. The third-order valence-corrected chi connectivity index (χ3v) is 10.0. The summed E-state index contributed by atoms with van der Waals surface area (Å²) in [5.74, 6) is -0.831. The van der Waals surface area contributed by atoms with Gasteiger partial charge in [-0.15, -0.1) is 0 Å². The first kappa shape index (κ1) is 26.0. The van der Waals surface area contributed by atoms with Crippen LogP contribution in [0.1, 0.15) is 46.5 Å². The molecular formula is C29H33FN4O4S. The van der Waals surface area contributed by atoms with Crippen LogP contribution in [0.25, 0.3) is 16.6 Å². The molecular weight excluding hydrogens is 519 g/mol. The zero-order valence-corrected chi connectivity index (χ0v) is 22.7. The van der Waals surface area contributed by atoms with E-state index in [4.69, 9.17) is 0 Å². The maximum absolute atomic E-state index is 13.7. The van der Waals surface area contributed by atoms with E-state index in [-0.39, 0.29) is 42.2 Å². The van der Waals surface area contributed by atoms with E-state index >= 15 is 0 Å². The summed E-state index contributed by atoms with van der Waals surface area (Å²) in [7, 11) is -3.14. The molecule has 6 rings (SSSR count). The van der Waals surface area contributed by atoms with Crippen molar-refractivity contribution in [2.45, 2.75) is 31.7 Å². The normalized spacial score (nSPS) is 20.5. The summed E-state index contributed by atoms with van der Waals surface area (Å²) in [5.41, 5.74) is 2.25. The van der Waals surface area contributed by atoms with Crippen LogP contribution in [0.15, 0.2) is 48.5 Å². The van der Waals surface area contributed by atoms with Gasteiger partial charge in [0.1, 0.15) is 11.5 Å². The number of amides is 2. The second kappa shape index (κ2) is 10.4. The van der Waals surface area contributed by atoms with Crippen LogP contribution in [-0.4, -0.2) is 96.3 Å². The molecule has 0 atom stereocenters. The molecule has 3 heterocycles. The fourth-order valence-electron chi connectivity index (χ4n) is 6.19. The largest absolute Gasteiger partial charge is 0.336 e. The Labute approximate surface area is 227 Å². The van der Waals surface area contributed by atoms with Crippen LogP contribution in [0.4, 0.5) is 4.39 Å². The van der Waals surface area contributed by atoms with Crippen LogP contribution in [0, 0.1) is 5.82 Å². The maximum atomic E-state index is 13.7. The van der Waals surface area contributed by atoms with Gasteiger partial charge in [-0.3, -0.25) is 14.5 Å². The Balaban J connectivity index is 1.29. The third-order valence-electron chi connectivity index (χ3n) is 8.43. The number of carbonyl (C=O) groups is 2. The number of fused-ring (bicyclic) bond motifs is 1. The molecule has 1 saturated carbocycles. The van der Waals surface area contributed by atoms with Gasteiger partial charge in [-0.1, -0.05) is 12.8 Å². The lowest BCUT2D eigenvalue weighted by atomic mass is 10.1. The van der Waals surface area contributed by atoms with Gasteiger partial charge in [0.25, 0.3) is 11.8 Å². The summed E-state index contributed by atoms with van der Waals surface area (Å²) in [6, 6.07) is 13.7. The lowest BCUT2D eigenvalue weighted by Gasteiger charge is -2.38. The molecule has 2 aromatic carbocycles. The van der Waals surface area contributed by atoms with E-state index in [2.05, 4.69) is 4.90 Å². The number of benzene rings is 2. The second-order valence-electron chi connectivity index (χ2n) is 10.8. The number of carbonyl (C=O) groups excluding carboxylic acids is 2. The van der Waals surface area contributed by atoms with Crippen molar-refractivity contribution in [3.63, 3.8) is 0 Å². The van der Waals surface area contributed by atoms with Gasteiger partial charge >= 0.3 is 0 Å². The Morgan fingerprint density at radius 3 is 2.08 bits per heavy atom. The number of rotatable bonds is 4. The molecule has 0 radical (unpaired) electrons. The molecule has 0 unspecified atom stereocenters. The highest BCUT2D eigenvalue weighted by Gasteiger charge is 2.30. The van der Waals surface area contributed by atoms with Crippen molar-refractivity contribution in [2.75, 3.05) is 50.8 Å². The zero-order chi connectivity index (χ0) is 27.1. The third kappa shape index (κ3) is 5.19. The number of piperazine rings is 1. The number of halogens is 1. The van der Waals surface area contributed by atoms with Gasteiger partial charge in [-0.2, -0.15) is 0 Å². The highest BCUT2D eigenvalue weighted by Crippen LogP contribution is 2.29. The van der Waals surface area contributed by atoms with E-state index in [9.17, 15) is 22.4 Å². The average molecular weight is 553 g/mol. The topological polar surface area (TPSA) is 82.9 Å². The van der Waals surface area contributed by atoms with Gasteiger partial charge in [0, 0.05) is 61.9 Å². The van der Waals surface area contributed by atoms with Crippen LogP contribution in [0.5, 0.6) is 0 Å². The van der Waals surface area contributed by atoms with E-state index in [0.717, 1.165) is 24.0 Å². The Morgan fingerprint density at radius 1 is 0.769 bits per heavy atom. The van der Waals surface area contributed by atoms with Crippen LogP contribution >= 0.6 is 0 Å². The van der Waals surface area contributed by atoms with Crippen LogP contribution in [0.2, 0.25) is 0 Å². The van der Waals surface area contributed by atoms with Crippen LogP contribution in [0.3, 0.4) is 0 Å². The molecule has 3 fully saturated rings. The molecule has 2 aliphatic heterocycles. The molecule has 39 heavy (non-hydrogen) atoms. The lowest BCUT2D eigenvalue weighted by molar-refractivity contribution is 0.0573. The van der Waals surface area contributed by atoms with Gasteiger partial charge < -0.3 is 14.4 Å². The smallest absolute Gasteiger partial charge is 0.270 e. The van der Waals surface area contributed by atoms with Crippen molar-refractivity contribution in [3.8, 4) is 5.69 Å². The average Bonchev–Trinajstić information content (AvgIpc) is 3.61. The molecule has 206 valence electrons. The Morgan fingerprint density at radius 2 is 1.41 bits per heavy atom. The van der Waals surface area contributed by atoms with E-state index in [1.807, 2.05) is 17.0 Å². The quantitative estimate of drug-likeness (QED) is 0.496. The molecule has 0 bridgehead atoms. The number of nitrogens with zero attached hydrogens (tertiary/aromatic N) is 4. The van der Waals surface area contributed by atoms with Crippen molar-refractivity contribution in [2.24, 2.45) is 0 Å². The fourth-order valence-corrected chi connectivity index (χ4v) is 7.40.